The van der Waals surface area contributed by atoms with E-state index in [1.165, 1.54) is 0 Å². The number of aromatic nitrogens is 2. The van der Waals surface area contributed by atoms with Gasteiger partial charge in [-0.25, -0.2) is 4.98 Å². The van der Waals surface area contributed by atoms with Crippen LogP contribution < -0.4 is 5.32 Å². The fourth-order valence-corrected chi connectivity index (χ4v) is 2.21. The molecular weight excluding hydrogens is 280 g/mol. The molecule has 0 radical (unpaired) electrons. The summed E-state index contributed by atoms with van der Waals surface area (Å²) in [4.78, 5) is 22.9. The number of nitrogens with zero attached hydrogens (tertiary/aromatic N) is 3. The van der Waals surface area contributed by atoms with Crippen molar-refractivity contribution < 1.29 is 9.21 Å². The summed E-state index contributed by atoms with van der Waals surface area (Å²) in [5.41, 5.74) is 1.53. The Hall–Kier alpha value is -2.21. The van der Waals surface area contributed by atoms with Gasteiger partial charge < -0.3 is 9.73 Å². The van der Waals surface area contributed by atoms with Crippen LogP contribution in [0.4, 0.5) is 0 Å². The van der Waals surface area contributed by atoms with Crippen molar-refractivity contribution in [2.45, 2.75) is 26.3 Å². The zero-order chi connectivity index (χ0) is 16.1. The molecule has 1 N–H and O–H groups in total. The fourth-order valence-electron chi connectivity index (χ4n) is 2.21. The molecular formula is C16H22N4O2. The molecule has 2 aromatic heterocycles. The summed E-state index contributed by atoms with van der Waals surface area (Å²) >= 11 is 0. The van der Waals surface area contributed by atoms with Gasteiger partial charge in [0, 0.05) is 19.2 Å². The van der Waals surface area contributed by atoms with Gasteiger partial charge in [-0.15, -0.1) is 0 Å². The molecule has 0 spiro atoms. The number of hydrogen-bond donors (Lipinski definition) is 1. The van der Waals surface area contributed by atoms with Crippen molar-refractivity contribution in [3.8, 4) is 0 Å². The third kappa shape index (κ3) is 3.71. The highest BCUT2D eigenvalue weighted by Gasteiger charge is 2.20. The molecule has 0 unspecified atom stereocenters. The fraction of sp³-hybridized carbons (Fsp3) is 0.438. The third-order valence-electron chi connectivity index (χ3n) is 3.46. The van der Waals surface area contributed by atoms with E-state index in [2.05, 4.69) is 15.3 Å². The van der Waals surface area contributed by atoms with Gasteiger partial charge >= 0.3 is 0 Å². The first kappa shape index (κ1) is 16.2. The van der Waals surface area contributed by atoms with Gasteiger partial charge in [0.05, 0.1) is 17.4 Å². The lowest BCUT2D eigenvalue weighted by Gasteiger charge is -2.23. The van der Waals surface area contributed by atoms with Crippen molar-refractivity contribution in [2.75, 3.05) is 20.6 Å². The number of oxazole rings is 1. The highest BCUT2D eigenvalue weighted by atomic mass is 16.4. The van der Waals surface area contributed by atoms with Gasteiger partial charge in [-0.05, 0) is 33.2 Å². The summed E-state index contributed by atoms with van der Waals surface area (Å²) in [5.74, 6) is 0.624. The number of pyridine rings is 1. The van der Waals surface area contributed by atoms with Gasteiger partial charge in [0.2, 0.25) is 5.76 Å². The van der Waals surface area contributed by atoms with Crippen LogP contribution in [0.2, 0.25) is 0 Å². The van der Waals surface area contributed by atoms with E-state index in [0.29, 0.717) is 24.6 Å². The maximum Gasteiger partial charge on any atom is 0.289 e. The lowest BCUT2D eigenvalue weighted by atomic mass is 10.1. The van der Waals surface area contributed by atoms with Crippen LogP contribution in [0.1, 0.15) is 40.8 Å². The van der Waals surface area contributed by atoms with E-state index in [1.54, 1.807) is 13.1 Å². The lowest BCUT2D eigenvalue weighted by Crippen LogP contribution is -2.35. The second kappa shape index (κ2) is 7.17. The van der Waals surface area contributed by atoms with Crippen LogP contribution in [-0.4, -0.2) is 41.4 Å². The first-order chi connectivity index (χ1) is 10.5. The predicted molar refractivity (Wildman–Crippen MR) is 83.6 cm³/mol. The van der Waals surface area contributed by atoms with Crippen molar-refractivity contribution in [3.63, 3.8) is 0 Å². The smallest absolute Gasteiger partial charge is 0.289 e. The summed E-state index contributed by atoms with van der Waals surface area (Å²) in [6.45, 7) is 4.17. The van der Waals surface area contributed by atoms with Crippen LogP contribution in [0.15, 0.2) is 28.8 Å². The molecule has 2 heterocycles. The maximum absolute atomic E-state index is 12.3. The average molecular weight is 302 g/mol. The molecule has 0 saturated heterocycles. The number of hydrogen-bond acceptors (Lipinski definition) is 5. The van der Waals surface area contributed by atoms with Crippen LogP contribution in [0.25, 0.3) is 0 Å². The van der Waals surface area contributed by atoms with Crippen LogP contribution in [0.5, 0.6) is 0 Å². The molecule has 118 valence electrons. The van der Waals surface area contributed by atoms with E-state index in [-0.39, 0.29) is 17.7 Å². The minimum absolute atomic E-state index is 0.000905. The van der Waals surface area contributed by atoms with Crippen molar-refractivity contribution in [1.29, 1.82) is 0 Å². The number of carbonyl (C=O) groups is 1. The Morgan fingerprint density at radius 1 is 1.41 bits per heavy atom. The Morgan fingerprint density at radius 2 is 2.18 bits per heavy atom. The molecule has 0 aromatic carbocycles. The second-order valence-electron chi connectivity index (χ2n) is 5.32. The zero-order valence-corrected chi connectivity index (χ0v) is 13.5. The van der Waals surface area contributed by atoms with Crippen molar-refractivity contribution in [2.24, 2.45) is 0 Å². The minimum Gasteiger partial charge on any atom is -0.435 e. The Morgan fingerprint density at radius 3 is 2.73 bits per heavy atom. The molecule has 0 aliphatic carbocycles. The monoisotopic (exact) mass is 302 g/mol. The standard InChI is InChI=1S/C16H22N4O2/c1-5-14-19-11(2)15(22-14)16(21)18-10-13(20(3)4)12-8-6-7-9-17-12/h6-9,13H,5,10H2,1-4H3,(H,18,21)/t13-/m1/s1. The summed E-state index contributed by atoms with van der Waals surface area (Å²) in [7, 11) is 3.92. The van der Waals surface area contributed by atoms with Gasteiger partial charge in [-0.3, -0.25) is 14.7 Å². The number of rotatable bonds is 6. The molecule has 0 aliphatic heterocycles. The molecule has 1 atom stereocenters. The SMILES string of the molecule is CCc1nc(C)c(C(=O)NC[C@H](c2ccccn2)N(C)C)o1. The normalized spacial score (nSPS) is 12.4. The van der Waals surface area contributed by atoms with E-state index >= 15 is 0 Å². The van der Waals surface area contributed by atoms with E-state index < -0.39 is 0 Å². The molecule has 2 rings (SSSR count). The number of likely N-dealkylation sites (N-methyl/N-ethyl adjacent to an activating group) is 1. The molecule has 2 aromatic rings. The minimum atomic E-state index is -0.243. The van der Waals surface area contributed by atoms with E-state index in [4.69, 9.17) is 4.42 Å². The van der Waals surface area contributed by atoms with E-state index in [1.807, 2.05) is 44.1 Å². The lowest BCUT2D eigenvalue weighted by molar-refractivity contribution is 0.0911. The van der Waals surface area contributed by atoms with Gasteiger partial charge in [0.1, 0.15) is 0 Å². The Labute approximate surface area is 130 Å². The Kier molecular flexibility index (Phi) is 5.27. The Bertz CT molecular complexity index is 622. The Balaban J connectivity index is 2.06. The summed E-state index contributed by atoms with van der Waals surface area (Å²) in [6.07, 6.45) is 2.42. The van der Waals surface area contributed by atoms with Crippen LogP contribution in [0.3, 0.4) is 0 Å². The van der Waals surface area contributed by atoms with Crippen molar-refractivity contribution in [1.82, 2.24) is 20.2 Å². The van der Waals surface area contributed by atoms with Gasteiger partial charge in [0.25, 0.3) is 5.91 Å². The molecule has 0 saturated carbocycles. The quantitative estimate of drug-likeness (QED) is 0.883. The number of nitrogens with one attached hydrogen (secondary N) is 1. The molecule has 0 bridgehead atoms. The van der Waals surface area contributed by atoms with Gasteiger partial charge in [-0.1, -0.05) is 13.0 Å². The maximum atomic E-state index is 12.3. The van der Waals surface area contributed by atoms with Gasteiger partial charge in [0.15, 0.2) is 5.89 Å². The summed E-state index contributed by atoms with van der Waals surface area (Å²) in [5, 5.41) is 2.90. The molecule has 6 heteroatoms. The molecule has 1 amide bonds. The zero-order valence-electron chi connectivity index (χ0n) is 13.5. The molecule has 0 aliphatic rings. The predicted octanol–water partition coefficient (Wildman–Crippen LogP) is 1.97. The summed E-state index contributed by atoms with van der Waals surface area (Å²) < 4.78 is 5.47. The summed E-state index contributed by atoms with van der Waals surface area (Å²) in [6, 6.07) is 5.76. The van der Waals surface area contributed by atoms with Crippen LogP contribution in [0, 0.1) is 6.92 Å². The highest BCUT2D eigenvalue weighted by Crippen LogP contribution is 2.15. The first-order valence-corrected chi connectivity index (χ1v) is 7.34. The van der Waals surface area contributed by atoms with Crippen LogP contribution >= 0.6 is 0 Å². The number of amides is 1. The van der Waals surface area contributed by atoms with E-state index in [0.717, 1.165) is 5.69 Å². The van der Waals surface area contributed by atoms with Crippen LogP contribution in [-0.2, 0) is 6.42 Å². The largest absolute Gasteiger partial charge is 0.435 e. The molecule has 22 heavy (non-hydrogen) atoms. The van der Waals surface area contributed by atoms with Crippen molar-refractivity contribution >= 4 is 5.91 Å². The number of aryl methyl sites for hydroxylation is 2. The van der Waals surface area contributed by atoms with Gasteiger partial charge in [-0.2, -0.15) is 0 Å². The highest BCUT2D eigenvalue weighted by molar-refractivity contribution is 5.92. The number of carbonyl (C=O) groups excluding carboxylic acids is 1. The van der Waals surface area contributed by atoms with Crippen molar-refractivity contribution in [3.05, 3.63) is 47.4 Å². The topological polar surface area (TPSA) is 71.3 Å². The third-order valence-corrected chi connectivity index (χ3v) is 3.46. The molecule has 0 fully saturated rings. The van der Waals surface area contributed by atoms with E-state index in [9.17, 15) is 4.79 Å². The molecule has 6 nitrogen and oxygen atoms in total. The first-order valence-electron chi connectivity index (χ1n) is 7.34. The average Bonchev–Trinajstić information content (AvgIpc) is 2.89. The second-order valence-corrected chi connectivity index (χ2v) is 5.32.